The Morgan fingerprint density at radius 2 is 2.36 bits per heavy atom. The maximum Gasteiger partial charge on any atom is 0.235 e. The van der Waals surface area contributed by atoms with Crippen molar-refractivity contribution in [2.75, 3.05) is 0 Å². The van der Waals surface area contributed by atoms with Crippen LogP contribution in [0.15, 0.2) is 21.8 Å². The van der Waals surface area contributed by atoms with E-state index in [2.05, 4.69) is 4.99 Å². The molecular weight excluding hydrogens is 158 g/mol. The van der Waals surface area contributed by atoms with Crippen LogP contribution >= 0.6 is 11.3 Å². The number of carbonyl (C=O) groups excluding carboxylic acids is 1. The van der Waals surface area contributed by atoms with E-state index in [0.717, 1.165) is 5.56 Å². The zero-order chi connectivity index (χ0) is 8.32. The largest absolute Gasteiger partial charge is 0.235 e. The highest BCUT2D eigenvalue weighted by atomic mass is 32.1. The Balaban J connectivity index is 2.99. The maximum atomic E-state index is 10.0. The second-order valence-corrected chi connectivity index (χ2v) is 3.55. The Morgan fingerprint density at radius 1 is 1.64 bits per heavy atom. The molecule has 0 aliphatic rings. The van der Waals surface area contributed by atoms with Gasteiger partial charge in [0.15, 0.2) is 0 Å². The van der Waals surface area contributed by atoms with Crippen molar-refractivity contribution < 1.29 is 4.79 Å². The quantitative estimate of drug-likeness (QED) is 0.491. The first kappa shape index (κ1) is 8.18. The first-order valence-corrected chi connectivity index (χ1v) is 4.23. The monoisotopic (exact) mass is 167 g/mol. The Bertz CT molecular complexity index is 270. The topological polar surface area (TPSA) is 29.4 Å². The highest BCUT2D eigenvalue weighted by molar-refractivity contribution is 7.08. The van der Waals surface area contributed by atoms with Gasteiger partial charge < -0.3 is 0 Å². The molecule has 0 saturated carbocycles. The molecule has 3 heteroatoms. The van der Waals surface area contributed by atoms with Crippen molar-refractivity contribution in [2.24, 2.45) is 4.99 Å². The highest BCUT2D eigenvalue weighted by Crippen LogP contribution is 2.25. The van der Waals surface area contributed by atoms with Gasteiger partial charge in [-0.2, -0.15) is 16.3 Å². The molecule has 1 heterocycles. The van der Waals surface area contributed by atoms with Crippen LogP contribution < -0.4 is 0 Å². The molecule has 0 unspecified atom stereocenters. The first-order chi connectivity index (χ1) is 5.17. The van der Waals surface area contributed by atoms with E-state index in [-0.39, 0.29) is 0 Å². The third-order valence-electron chi connectivity index (χ3n) is 1.55. The first-order valence-electron chi connectivity index (χ1n) is 3.28. The van der Waals surface area contributed by atoms with Gasteiger partial charge in [-0.15, -0.1) is 0 Å². The molecule has 0 radical (unpaired) electrons. The van der Waals surface area contributed by atoms with Crippen LogP contribution in [-0.4, -0.2) is 6.08 Å². The molecule has 1 aromatic rings. The third kappa shape index (κ3) is 1.76. The second kappa shape index (κ2) is 2.99. The van der Waals surface area contributed by atoms with Crippen molar-refractivity contribution in [3.63, 3.8) is 0 Å². The van der Waals surface area contributed by atoms with Crippen LogP contribution in [0, 0.1) is 0 Å². The van der Waals surface area contributed by atoms with E-state index in [1.807, 2.05) is 30.7 Å². The number of isocyanates is 1. The number of rotatable bonds is 2. The molecule has 0 bridgehead atoms. The number of aliphatic imine (C=N–C) groups is 1. The molecule has 0 aliphatic heterocycles. The van der Waals surface area contributed by atoms with Gasteiger partial charge in [0.2, 0.25) is 6.08 Å². The molecule has 0 atom stereocenters. The van der Waals surface area contributed by atoms with Crippen LogP contribution in [-0.2, 0) is 10.3 Å². The lowest BCUT2D eigenvalue weighted by Gasteiger charge is -2.14. The standard InChI is InChI=1S/C8H9NOS/c1-8(2,9-6-10)7-3-4-11-5-7/h3-5H,1-2H3. The van der Waals surface area contributed by atoms with Gasteiger partial charge in [-0.05, 0) is 36.2 Å². The van der Waals surface area contributed by atoms with Crippen LogP contribution in [0.25, 0.3) is 0 Å². The van der Waals surface area contributed by atoms with Crippen LogP contribution in [0.1, 0.15) is 19.4 Å². The van der Waals surface area contributed by atoms with E-state index in [9.17, 15) is 4.79 Å². The fraction of sp³-hybridized carbons (Fsp3) is 0.375. The number of thiophene rings is 1. The summed E-state index contributed by atoms with van der Waals surface area (Å²) in [5.74, 6) is 0. The minimum atomic E-state index is -0.415. The molecule has 0 N–H and O–H groups in total. The Kier molecular flexibility index (Phi) is 2.22. The second-order valence-electron chi connectivity index (χ2n) is 2.77. The van der Waals surface area contributed by atoms with Crippen molar-refractivity contribution in [3.05, 3.63) is 22.4 Å². The van der Waals surface area contributed by atoms with Crippen molar-refractivity contribution >= 4 is 17.4 Å². The Morgan fingerprint density at radius 3 is 2.82 bits per heavy atom. The molecule has 0 saturated heterocycles. The minimum absolute atomic E-state index is 0.415. The van der Waals surface area contributed by atoms with Gasteiger partial charge in [0.1, 0.15) is 0 Å². The van der Waals surface area contributed by atoms with E-state index in [4.69, 9.17) is 0 Å². The molecule has 0 amide bonds. The van der Waals surface area contributed by atoms with Crippen molar-refractivity contribution in [2.45, 2.75) is 19.4 Å². The lowest BCUT2D eigenvalue weighted by atomic mass is 9.99. The van der Waals surface area contributed by atoms with Gasteiger partial charge in [-0.3, -0.25) is 0 Å². The SMILES string of the molecule is CC(C)(N=C=O)c1ccsc1. The summed E-state index contributed by atoms with van der Waals surface area (Å²) in [6.45, 7) is 3.78. The van der Waals surface area contributed by atoms with Gasteiger partial charge in [0, 0.05) is 0 Å². The molecule has 11 heavy (non-hydrogen) atoms. The van der Waals surface area contributed by atoms with Crippen molar-refractivity contribution in [1.82, 2.24) is 0 Å². The maximum absolute atomic E-state index is 10.0. The summed E-state index contributed by atoms with van der Waals surface area (Å²) in [5.41, 5.74) is 0.646. The molecule has 58 valence electrons. The summed E-state index contributed by atoms with van der Waals surface area (Å²) in [6, 6.07) is 1.96. The zero-order valence-corrected chi connectivity index (χ0v) is 7.31. The van der Waals surface area contributed by atoms with Gasteiger partial charge >= 0.3 is 0 Å². The lowest BCUT2D eigenvalue weighted by molar-refractivity contribution is 0.524. The Labute approximate surface area is 69.6 Å². The van der Waals surface area contributed by atoms with Crippen LogP contribution in [0.5, 0.6) is 0 Å². The summed E-state index contributed by atoms with van der Waals surface area (Å²) in [6.07, 6.45) is 1.58. The van der Waals surface area contributed by atoms with Crippen LogP contribution in [0.2, 0.25) is 0 Å². The van der Waals surface area contributed by atoms with E-state index in [1.54, 1.807) is 17.4 Å². The average molecular weight is 167 g/mol. The lowest BCUT2D eigenvalue weighted by Crippen LogP contribution is -2.11. The van der Waals surface area contributed by atoms with Crippen LogP contribution in [0.3, 0.4) is 0 Å². The Hall–Kier alpha value is -0.920. The molecule has 0 spiro atoms. The normalized spacial score (nSPS) is 10.7. The van der Waals surface area contributed by atoms with Crippen LogP contribution in [0.4, 0.5) is 0 Å². The number of hydrogen-bond acceptors (Lipinski definition) is 3. The molecule has 0 aromatic carbocycles. The van der Waals surface area contributed by atoms with Gasteiger partial charge in [-0.25, -0.2) is 4.79 Å². The molecule has 1 rings (SSSR count). The summed E-state index contributed by atoms with van der Waals surface area (Å²) in [5, 5.41) is 3.96. The summed E-state index contributed by atoms with van der Waals surface area (Å²) >= 11 is 1.60. The van der Waals surface area contributed by atoms with Gasteiger partial charge in [0.05, 0.1) is 5.54 Å². The molecular formula is C8H9NOS. The van der Waals surface area contributed by atoms with Crippen molar-refractivity contribution in [3.8, 4) is 0 Å². The predicted octanol–water partition coefficient (Wildman–Crippen LogP) is 2.32. The fourth-order valence-corrected chi connectivity index (χ4v) is 1.61. The highest BCUT2D eigenvalue weighted by Gasteiger charge is 2.18. The summed E-state index contributed by atoms with van der Waals surface area (Å²) in [4.78, 5) is 13.7. The molecule has 1 aromatic heterocycles. The smallest absolute Gasteiger partial charge is 0.211 e. The van der Waals surface area contributed by atoms with E-state index in [1.165, 1.54) is 0 Å². The van der Waals surface area contributed by atoms with E-state index in [0.29, 0.717) is 0 Å². The fourth-order valence-electron chi connectivity index (χ4n) is 0.791. The summed E-state index contributed by atoms with van der Waals surface area (Å²) < 4.78 is 0. The average Bonchev–Trinajstić information content (AvgIpc) is 2.37. The molecule has 2 nitrogen and oxygen atoms in total. The summed E-state index contributed by atoms with van der Waals surface area (Å²) in [7, 11) is 0. The van der Waals surface area contributed by atoms with E-state index >= 15 is 0 Å². The predicted molar refractivity (Wildman–Crippen MR) is 45.5 cm³/mol. The number of hydrogen-bond donors (Lipinski definition) is 0. The van der Waals surface area contributed by atoms with E-state index < -0.39 is 5.54 Å². The minimum Gasteiger partial charge on any atom is -0.211 e. The molecule has 0 fully saturated rings. The zero-order valence-electron chi connectivity index (χ0n) is 6.50. The number of nitrogens with zero attached hydrogens (tertiary/aromatic N) is 1. The third-order valence-corrected chi connectivity index (χ3v) is 2.24. The van der Waals surface area contributed by atoms with Crippen molar-refractivity contribution in [1.29, 1.82) is 0 Å². The molecule has 0 aliphatic carbocycles. The van der Waals surface area contributed by atoms with Gasteiger partial charge in [0.25, 0.3) is 0 Å². The van der Waals surface area contributed by atoms with Gasteiger partial charge in [-0.1, -0.05) is 0 Å².